The maximum atomic E-state index is 13.1. The third-order valence-corrected chi connectivity index (χ3v) is 6.99. The van der Waals surface area contributed by atoms with Crippen LogP contribution in [0.3, 0.4) is 0 Å². The van der Waals surface area contributed by atoms with E-state index in [1.54, 1.807) is 22.7 Å². The van der Waals surface area contributed by atoms with Crippen LogP contribution in [0, 0.1) is 6.92 Å². The largest absolute Gasteiger partial charge is 0.337 e. The summed E-state index contributed by atoms with van der Waals surface area (Å²) < 4.78 is 2.18. The molecule has 5 nitrogen and oxygen atoms in total. The number of carbonyl (C=O) groups excluding carboxylic acids is 1. The van der Waals surface area contributed by atoms with E-state index < -0.39 is 0 Å². The molecule has 26 heavy (non-hydrogen) atoms. The van der Waals surface area contributed by atoms with Gasteiger partial charge in [-0.3, -0.25) is 9.69 Å². The maximum absolute atomic E-state index is 13.1. The lowest BCUT2D eigenvalue weighted by molar-refractivity contribution is 0.0554. The van der Waals surface area contributed by atoms with Gasteiger partial charge in [-0.2, -0.15) is 0 Å². The van der Waals surface area contributed by atoms with Gasteiger partial charge in [0, 0.05) is 36.1 Å². The van der Waals surface area contributed by atoms with Crippen LogP contribution in [0.4, 0.5) is 0 Å². The van der Waals surface area contributed by atoms with Crippen molar-refractivity contribution in [2.75, 3.05) is 13.1 Å². The fourth-order valence-electron chi connectivity index (χ4n) is 4.19. The lowest BCUT2D eigenvalue weighted by atomic mass is 10.1. The lowest BCUT2D eigenvalue weighted by Gasteiger charge is -2.38. The number of nitrogens with zero attached hydrogens (tertiary/aromatic N) is 4. The summed E-state index contributed by atoms with van der Waals surface area (Å²) in [5, 5.41) is 5.25. The molecule has 0 radical (unpaired) electrons. The Hall–Kier alpha value is -1.96. The number of likely N-dealkylation sites (tertiary alicyclic amines) is 1. The number of aromatic nitrogens is 2. The SMILES string of the molecule is Cc1nc(CN2C(=O)c3cccn3C3CN(Cc4cccs4)CC32)cs1. The smallest absolute Gasteiger partial charge is 0.271 e. The summed E-state index contributed by atoms with van der Waals surface area (Å²) in [7, 11) is 0. The zero-order valence-corrected chi connectivity index (χ0v) is 16.2. The van der Waals surface area contributed by atoms with Crippen LogP contribution in [0.15, 0.2) is 41.2 Å². The van der Waals surface area contributed by atoms with Crippen LogP contribution in [0.5, 0.6) is 0 Å². The predicted molar refractivity (Wildman–Crippen MR) is 104 cm³/mol. The molecular weight excluding hydrogens is 364 g/mol. The topological polar surface area (TPSA) is 41.4 Å². The standard InChI is InChI=1S/C19H20N4OS2/c1-13-20-14(12-26-13)8-23-18-11-21(9-15-4-3-7-25-15)10-17(18)22-6-2-5-16(22)19(23)24/h2-7,12,17-18H,8-11H2,1H3. The van der Waals surface area contributed by atoms with E-state index in [4.69, 9.17) is 0 Å². The van der Waals surface area contributed by atoms with Crippen molar-refractivity contribution in [3.8, 4) is 0 Å². The highest BCUT2D eigenvalue weighted by atomic mass is 32.1. The molecule has 0 bridgehead atoms. The molecule has 1 fully saturated rings. The average Bonchev–Trinajstić information content (AvgIpc) is 3.39. The Bertz CT molecular complexity index is 929. The Balaban J connectivity index is 1.45. The van der Waals surface area contributed by atoms with Crippen molar-refractivity contribution in [1.82, 2.24) is 19.4 Å². The summed E-state index contributed by atoms with van der Waals surface area (Å²) in [4.78, 5) is 23.6. The third-order valence-electron chi connectivity index (χ3n) is 5.31. The van der Waals surface area contributed by atoms with E-state index in [0.29, 0.717) is 12.6 Å². The molecular formula is C19H20N4OS2. The molecule has 0 saturated carbocycles. The van der Waals surface area contributed by atoms with Crippen molar-refractivity contribution in [2.45, 2.75) is 32.1 Å². The van der Waals surface area contributed by atoms with Crippen molar-refractivity contribution in [3.05, 3.63) is 62.5 Å². The zero-order chi connectivity index (χ0) is 17.7. The number of thiophene rings is 1. The molecule has 0 aliphatic carbocycles. The van der Waals surface area contributed by atoms with E-state index in [9.17, 15) is 4.79 Å². The fraction of sp³-hybridized carbons (Fsp3) is 0.368. The summed E-state index contributed by atoms with van der Waals surface area (Å²) in [5.41, 5.74) is 1.80. The first-order valence-corrected chi connectivity index (χ1v) is 10.6. The fourth-order valence-corrected chi connectivity index (χ4v) is 5.53. The minimum absolute atomic E-state index is 0.125. The molecule has 2 aliphatic rings. The summed E-state index contributed by atoms with van der Waals surface area (Å²) >= 11 is 3.45. The van der Waals surface area contributed by atoms with Gasteiger partial charge in [0.25, 0.3) is 5.91 Å². The zero-order valence-electron chi connectivity index (χ0n) is 14.5. The molecule has 2 unspecified atom stereocenters. The van der Waals surface area contributed by atoms with E-state index in [1.807, 2.05) is 24.0 Å². The molecule has 5 rings (SSSR count). The molecule has 2 atom stereocenters. The molecule has 134 valence electrons. The van der Waals surface area contributed by atoms with Crippen LogP contribution < -0.4 is 0 Å². The Morgan fingerprint density at radius 2 is 2.04 bits per heavy atom. The van der Waals surface area contributed by atoms with Gasteiger partial charge in [-0.25, -0.2) is 4.98 Å². The molecule has 1 amide bonds. The Morgan fingerprint density at radius 3 is 2.81 bits per heavy atom. The second kappa shape index (κ2) is 6.33. The van der Waals surface area contributed by atoms with E-state index in [2.05, 4.69) is 43.5 Å². The molecule has 0 N–H and O–H groups in total. The highest BCUT2D eigenvalue weighted by Crippen LogP contribution is 2.35. The van der Waals surface area contributed by atoms with Crippen LogP contribution in [0.25, 0.3) is 0 Å². The number of fused-ring (bicyclic) bond motifs is 3. The first-order chi connectivity index (χ1) is 12.7. The van der Waals surface area contributed by atoms with Gasteiger partial charge in [0.05, 0.1) is 29.3 Å². The number of aryl methyl sites for hydroxylation is 1. The Kier molecular flexibility index (Phi) is 3.95. The van der Waals surface area contributed by atoms with Crippen LogP contribution in [0.1, 0.15) is 32.1 Å². The van der Waals surface area contributed by atoms with Crippen LogP contribution in [-0.2, 0) is 13.1 Å². The first kappa shape index (κ1) is 16.2. The molecule has 7 heteroatoms. The van der Waals surface area contributed by atoms with Crippen molar-refractivity contribution in [3.63, 3.8) is 0 Å². The number of rotatable bonds is 4. The second-order valence-electron chi connectivity index (χ2n) is 7.00. The van der Waals surface area contributed by atoms with Gasteiger partial charge in [0.1, 0.15) is 5.69 Å². The van der Waals surface area contributed by atoms with E-state index in [1.165, 1.54) is 4.88 Å². The van der Waals surface area contributed by atoms with Crippen molar-refractivity contribution < 1.29 is 4.79 Å². The van der Waals surface area contributed by atoms with Crippen LogP contribution >= 0.6 is 22.7 Å². The minimum Gasteiger partial charge on any atom is -0.337 e. The van der Waals surface area contributed by atoms with Crippen molar-refractivity contribution >= 4 is 28.6 Å². The van der Waals surface area contributed by atoms with Gasteiger partial charge in [-0.05, 0) is 30.5 Å². The predicted octanol–water partition coefficient (Wildman–Crippen LogP) is 3.40. The molecule has 1 saturated heterocycles. The normalized spacial score (nSPS) is 22.7. The van der Waals surface area contributed by atoms with Crippen LogP contribution in [-0.4, -0.2) is 44.4 Å². The maximum Gasteiger partial charge on any atom is 0.271 e. The van der Waals surface area contributed by atoms with Gasteiger partial charge in [0.15, 0.2) is 0 Å². The molecule has 3 aromatic heterocycles. The molecule has 0 spiro atoms. The van der Waals surface area contributed by atoms with Gasteiger partial charge in [-0.1, -0.05) is 6.07 Å². The molecule has 0 aromatic carbocycles. The summed E-state index contributed by atoms with van der Waals surface area (Å²) in [6, 6.07) is 8.74. The monoisotopic (exact) mass is 384 g/mol. The van der Waals surface area contributed by atoms with Crippen molar-refractivity contribution in [2.24, 2.45) is 0 Å². The van der Waals surface area contributed by atoms with E-state index >= 15 is 0 Å². The number of hydrogen-bond donors (Lipinski definition) is 0. The average molecular weight is 385 g/mol. The Labute approximate surface area is 160 Å². The van der Waals surface area contributed by atoms with Gasteiger partial charge in [0.2, 0.25) is 0 Å². The first-order valence-electron chi connectivity index (χ1n) is 8.82. The van der Waals surface area contributed by atoms with Gasteiger partial charge in [-0.15, -0.1) is 22.7 Å². The van der Waals surface area contributed by atoms with Crippen LogP contribution in [0.2, 0.25) is 0 Å². The summed E-state index contributed by atoms with van der Waals surface area (Å²) in [6.07, 6.45) is 2.06. The van der Waals surface area contributed by atoms with Gasteiger partial charge < -0.3 is 9.47 Å². The molecule has 2 aliphatic heterocycles. The highest BCUT2D eigenvalue weighted by molar-refractivity contribution is 7.10. The molecule has 5 heterocycles. The van der Waals surface area contributed by atoms with E-state index in [-0.39, 0.29) is 11.9 Å². The number of carbonyl (C=O) groups is 1. The third kappa shape index (κ3) is 2.71. The van der Waals surface area contributed by atoms with E-state index in [0.717, 1.165) is 36.0 Å². The summed E-state index contributed by atoms with van der Waals surface area (Å²) in [5.74, 6) is 0.125. The number of amides is 1. The quantitative estimate of drug-likeness (QED) is 0.692. The second-order valence-corrected chi connectivity index (χ2v) is 9.09. The minimum atomic E-state index is 0.125. The Morgan fingerprint density at radius 1 is 1.15 bits per heavy atom. The molecule has 3 aromatic rings. The number of hydrogen-bond acceptors (Lipinski definition) is 5. The number of thiazole rings is 1. The highest BCUT2D eigenvalue weighted by Gasteiger charge is 2.45. The summed E-state index contributed by atoms with van der Waals surface area (Å²) in [6.45, 7) is 5.46. The lowest BCUT2D eigenvalue weighted by Crippen LogP contribution is -2.49. The van der Waals surface area contributed by atoms with Gasteiger partial charge >= 0.3 is 0 Å². The van der Waals surface area contributed by atoms with Crippen molar-refractivity contribution in [1.29, 1.82) is 0 Å².